The van der Waals surface area contributed by atoms with E-state index in [9.17, 15) is 18.0 Å². The van der Waals surface area contributed by atoms with Crippen LogP contribution in [0.4, 0.5) is 28.0 Å². The van der Waals surface area contributed by atoms with Gasteiger partial charge in [0.25, 0.3) is 0 Å². The summed E-state index contributed by atoms with van der Waals surface area (Å²) >= 11 is 0. The quantitative estimate of drug-likeness (QED) is 0.135. The number of pyridine rings is 2. The number of anilines is 1. The first-order valence-electron chi connectivity index (χ1n) is 13.4. The minimum atomic E-state index is -4.70. The largest absolute Gasteiger partial charge is 0.443 e. The second-order valence-electron chi connectivity index (χ2n) is 11.1. The van der Waals surface area contributed by atoms with Crippen molar-refractivity contribution in [2.45, 2.75) is 52.3 Å². The number of hydrogen-bond donors (Lipinski definition) is 2. The molecule has 224 valence electrons. The molecule has 0 spiro atoms. The van der Waals surface area contributed by atoms with Crippen molar-refractivity contribution in [2.75, 3.05) is 11.4 Å². The number of benzene rings is 1. The number of carbonyl (C=O) groups is 1. The van der Waals surface area contributed by atoms with E-state index in [1.165, 1.54) is 41.8 Å². The van der Waals surface area contributed by atoms with Gasteiger partial charge in [-0.15, -0.1) is 0 Å². The van der Waals surface area contributed by atoms with Crippen LogP contribution in [-0.4, -0.2) is 43.8 Å². The Morgan fingerprint density at radius 3 is 2.51 bits per heavy atom. The van der Waals surface area contributed by atoms with Gasteiger partial charge in [0.05, 0.1) is 22.9 Å². The zero-order chi connectivity index (χ0) is 31.3. The summed E-state index contributed by atoms with van der Waals surface area (Å²) in [5.41, 5.74) is 7.45. The lowest BCUT2D eigenvalue weighted by molar-refractivity contribution is -0.141. The molecule has 1 aliphatic rings. The summed E-state index contributed by atoms with van der Waals surface area (Å²) < 4.78 is 62.8. The minimum Gasteiger partial charge on any atom is -0.443 e. The van der Waals surface area contributed by atoms with Crippen LogP contribution in [0.15, 0.2) is 49.1 Å². The Morgan fingerprint density at radius 1 is 1.14 bits per heavy atom. The average molecular weight is 596 g/mol. The molecule has 4 aromatic rings. The summed E-state index contributed by atoms with van der Waals surface area (Å²) in [6.07, 6.45) is 0.676. The van der Waals surface area contributed by atoms with E-state index in [1.807, 2.05) is 0 Å². The number of fused-ring (bicyclic) bond motifs is 3. The molecule has 5 rings (SSSR count). The van der Waals surface area contributed by atoms with Crippen molar-refractivity contribution in [1.82, 2.24) is 19.7 Å². The summed E-state index contributed by atoms with van der Waals surface area (Å²) in [5.74, 6) is -0.739. The normalized spacial score (nSPS) is 12.6. The lowest BCUT2D eigenvalue weighted by Crippen LogP contribution is -2.37. The Balaban J connectivity index is 1.75. The molecule has 13 heteroatoms. The maximum absolute atomic E-state index is 15.3. The molecule has 0 atom stereocenters. The fraction of sp³-hybridized carbons (Fsp3) is 0.300. The van der Waals surface area contributed by atoms with Crippen molar-refractivity contribution >= 4 is 17.6 Å². The van der Waals surface area contributed by atoms with E-state index in [4.69, 9.17) is 15.9 Å². The number of ether oxygens (including phenoxy) is 1. The number of amidine groups is 1. The first-order chi connectivity index (χ1) is 20.2. The predicted molar refractivity (Wildman–Crippen MR) is 153 cm³/mol. The molecular formula is C30H29F4N7O2. The van der Waals surface area contributed by atoms with Gasteiger partial charge in [0.2, 0.25) is 0 Å². The highest BCUT2D eigenvalue weighted by atomic mass is 19.4. The maximum atomic E-state index is 15.3. The van der Waals surface area contributed by atoms with Gasteiger partial charge in [-0.25, -0.2) is 13.9 Å². The van der Waals surface area contributed by atoms with Crippen LogP contribution in [0.25, 0.3) is 27.9 Å². The molecule has 3 aromatic heterocycles. The standard InChI is InChI=1S/C30H29F4N7O2/c1-5-40(28(42)43-29(2,3)4)23-11-18(31)10-20-19(23)12-22-26(20)27(41-7-6-24(39-41)30(32,33)34)21(15-38-22)17-8-16(9-25(35)36)13-37-14-17/h6-8,10-11,13-15H,5,9,12H2,1-4H3,(H3,35,36). The van der Waals surface area contributed by atoms with Gasteiger partial charge in [-0.1, -0.05) is 0 Å². The van der Waals surface area contributed by atoms with Crippen molar-refractivity contribution in [3.63, 3.8) is 0 Å². The van der Waals surface area contributed by atoms with Crippen LogP contribution in [0.3, 0.4) is 0 Å². The monoisotopic (exact) mass is 595 g/mol. The number of hydrogen-bond acceptors (Lipinski definition) is 6. The van der Waals surface area contributed by atoms with Gasteiger partial charge in [0.15, 0.2) is 5.69 Å². The second-order valence-corrected chi connectivity index (χ2v) is 11.1. The highest BCUT2D eigenvalue weighted by Crippen LogP contribution is 2.47. The van der Waals surface area contributed by atoms with Crippen LogP contribution >= 0.6 is 0 Å². The molecule has 0 unspecified atom stereocenters. The van der Waals surface area contributed by atoms with Gasteiger partial charge in [-0.3, -0.25) is 20.3 Å². The van der Waals surface area contributed by atoms with E-state index in [0.717, 1.165) is 10.7 Å². The molecule has 0 bridgehead atoms. The number of rotatable bonds is 6. The molecule has 0 fully saturated rings. The molecule has 1 aliphatic carbocycles. The highest BCUT2D eigenvalue weighted by molar-refractivity contribution is 5.96. The van der Waals surface area contributed by atoms with Crippen molar-refractivity contribution < 1.29 is 27.1 Å². The fourth-order valence-electron chi connectivity index (χ4n) is 5.11. The molecule has 0 radical (unpaired) electrons. The average Bonchev–Trinajstić information content (AvgIpc) is 3.53. The summed E-state index contributed by atoms with van der Waals surface area (Å²) in [4.78, 5) is 23.3. The second kappa shape index (κ2) is 10.8. The molecule has 1 amide bonds. The van der Waals surface area contributed by atoms with E-state index in [2.05, 4.69) is 15.1 Å². The third-order valence-corrected chi connectivity index (χ3v) is 6.76. The number of nitrogens with one attached hydrogen (secondary N) is 1. The van der Waals surface area contributed by atoms with Crippen LogP contribution in [0, 0.1) is 11.2 Å². The molecule has 3 N–H and O–H groups in total. The lowest BCUT2D eigenvalue weighted by Gasteiger charge is -2.28. The minimum absolute atomic E-state index is 0.0875. The van der Waals surface area contributed by atoms with E-state index in [0.29, 0.717) is 39.1 Å². The van der Waals surface area contributed by atoms with Crippen molar-refractivity contribution in [1.29, 1.82) is 5.41 Å². The summed E-state index contributed by atoms with van der Waals surface area (Å²) in [7, 11) is 0. The van der Waals surface area contributed by atoms with Gasteiger partial charge >= 0.3 is 12.3 Å². The molecule has 3 heterocycles. The number of amides is 1. The topological polar surface area (TPSA) is 123 Å². The Hall–Kier alpha value is -4.81. The number of aromatic nitrogens is 4. The van der Waals surface area contributed by atoms with Gasteiger partial charge in [-0.05, 0) is 68.7 Å². The van der Waals surface area contributed by atoms with Crippen LogP contribution in [0.1, 0.15) is 50.2 Å². The van der Waals surface area contributed by atoms with Crippen molar-refractivity contribution in [3.05, 3.63) is 77.4 Å². The van der Waals surface area contributed by atoms with E-state index >= 15 is 4.39 Å². The Labute approximate surface area is 244 Å². The van der Waals surface area contributed by atoms with Crippen LogP contribution in [0.5, 0.6) is 0 Å². The van der Waals surface area contributed by atoms with E-state index in [1.54, 1.807) is 33.8 Å². The first kappa shape index (κ1) is 29.7. The number of nitrogens with zero attached hydrogens (tertiary/aromatic N) is 5. The molecule has 9 nitrogen and oxygen atoms in total. The third kappa shape index (κ3) is 5.92. The zero-order valence-corrected chi connectivity index (χ0v) is 23.9. The number of nitrogens with two attached hydrogens (primary N) is 1. The van der Waals surface area contributed by atoms with Gasteiger partial charge < -0.3 is 10.5 Å². The maximum Gasteiger partial charge on any atom is 0.435 e. The van der Waals surface area contributed by atoms with Crippen molar-refractivity contribution in [3.8, 4) is 27.9 Å². The zero-order valence-electron chi connectivity index (χ0n) is 23.9. The van der Waals surface area contributed by atoms with Gasteiger partial charge in [0.1, 0.15) is 11.4 Å². The molecule has 0 aliphatic heterocycles. The van der Waals surface area contributed by atoms with E-state index in [-0.39, 0.29) is 36.6 Å². The molecule has 0 saturated carbocycles. The predicted octanol–water partition coefficient (Wildman–Crippen LogP) is 6.30. The van der Waals surface area contributed by atoms with Crippen LogP contribution < -0.4 is 10.6 Å². The van der Waals surface area contributed by atoms with Gasteiger partial charge in [-0.2, -0.15) is 18.3 Å². The smallest absolute Gasteiger partial charge is 0.435 e. The Kier molecular flexibility index (Phi) is 7.45. The van der Waals surface area contributed by atoms with Crippen LogP contribution in [0.2, 0.25) is 0 Å². The van der Waals surface area contributed by atoms with E-state index < -0.39 is 29.4 Å². The lowest BCUT2D eigenvalue weighted by atomic mass is 9.98. The SMILES string of the molecule is CCN(C(=O)OC(C)(C)C)c1cc(F)cc2c1Cc1ncc(-c3cncc(CC(=N)N)c3)c(-n3ccc(C(F)(F)F)n3)c1-2. The molecule has 43 heavy (non-hydrogen) atoms. The number of alkyl halides is 3. The third-order valence-electron chi connectivity index (χ3n) is 6.76. The first-order valence-corrected chi connectivity index (χ1v) is 13.4. The van der Waals surface area contributed by atoms with Gasteiger partial charge in [0, 0.05) is 60.9 Å². The molecule has 1 aromatic carbocycles. The number of halogens is 4. The Bertz CT molecular complexity index is 1740. The Morgan fingerprint density at radius 2 is 1.88 bits per heavy atom. The summed E-state index contributed by atoms with van der Waals surface area (Å²) in [6.45, 7) is 7.08. The molecular weight excluding hydrogens is 566 g/mol. The van der Waals surface area contributed by atoms with Crippen molar-refractivity contribution in [2.24, 2.45) is 5.73 Å². The molecule has 0 saturated heterocycles. The highest BCUT2D eigenvalue weighted by Gasteiger charge is 2.36. The fourth-order valence-corrected chi connectivity index (χ4v) is 5.11. The summed E-state index contributed by atoms with van der Waals surface area (Å²) in [5, 5.41) is 11.5. The number of carbonyl (C=O) groups excluding carboxylic acids is 1. The summed E-state index contributed by atoms with van der Waals surface area (Å²) in [6, 6.07) is 5.09. The van der Waals surface area contributed by atoms with Crippen LogP contribution in [-0.2, 0) is 23.8 Å².